The van der Waals surface area contributed by atoms with E-state index in [1.807, 2.05) is 26.2 Å². The topological polar surface area (TPSA) is 62.5 Å². The van der Waals surface area contributed by atoms with E-state index in [0.717, 1.165) is 17.7 Å². The summed E-state index contributed by atoms with van der Waals surface area (Å²) in [5, 5.41) is 4.80. The first-order valence-electron chi connectivity index (χ1n) is 7.48. The van der Waals surface area contributed by atoms with Gasteiger partial charge in [0, 0.05) is 12.6 Å². The van der Waals surface area contributed by atoms with Crippen LogP contribution in [0.5, 0.6) is 0 Å². The van der Waals surface area contributed by atoms with Crippen LogP contribution in [-0.2, 0) is 0 Å². The molecular formula is C16H18Cl2N4O2S. The molecule has 0 spiro atoms. The van der Waals surface area contributed by atoms with Crippen molar-refractivity contribution in [2.24, 2.45) is 0 Å². The zero-order valence-electron chi connectivity index (χ0n) is 13.8. The van der Waals surface area contributed by atoms with Crippen molar-refractivity contribution < 1.29 is 9.32 Å². The van der Waals surface area contributed by atoms with Crippen LogP contribution in [0.3, 0.4) is 0 Å². The van der Waals surface area contributed by atoms with Crippen LogP contribution in [-0.4, -0.2) is 48.1 Å². The second-order valence-electron chi connectivity index (χ2n) is 5.57. The Labute approximate surface area is 160 Å². The maximum Gasteiger partial charge on any atom is 0.298 e. The Kier molecular flexibility index (Phi) is 6.78. The lowest BCUT2D eigenvalue weighted by Crippen LogP contribution is -2.33. The predicted octanol–water partition coefficient (Wildman–Crippen LogP) is 3.96. The van der Waals surface area contributed by atoms with Gasteiger partial charge < -0.3 is 9.42 Å². The number of amides is 1. The zero-order valence-corrected chi connectivity index (χ0v) is 16.2. The van der Waals surface area contributed by atoms with Crippen LogP contribution in [0, 0.1) is 0 Å². The summed E-state index contributed by atoms with van der Waals surface area (Å²) >= 11 is 7.64. The number of anilines is 1. The van der Waals surface area contributed by atoms with Gasteiger partial charge >= 0.3 is 0 Å². The fourth-order valence-corrected chi connectivity index (χ4v) is 3.60. The number of hydrogen-bond acceptors (Lipinski definition) is 6. The molecule has 134 valence electrons. The first kappa shape index (κ1) is 19.7. The van der Waals surface area contributed by atoms with Gasteiger partial charge in [-0.25, -0.2) is 4.98 Å². The molecule has 0 fully saturated rings. The smallest absolute Gasteiger partial charge is 0.298 e. The molecule has 3 rings (SSSR count). The van der Waals surface area contributed by atoms with Gasteiger partial charge in [0.25, 0.3) is 5.91 Å². The molecule has 0 saturated carbocycles. The van der Waals surface area contributed by atoms with Crippen LogP contribution < -0.4 is 4.90 Å². The molecule has 0 aliphatic heterocycles. The summed E-state index contributed by atoms with van der Waals surface area (Å²) in [5.41, 5.74) is 0.710. The quantitative estimate of drug-likeness (QED) is 0.626. The Hall–Kier alpha value is -1.67. The van der Waals surface area contributed by atoms with E-state index in [4.69, 9.17) is 16.1 Å². The van der Waals surface area contributed by atoms with E-state index in [-0.39, 0.29) is 24.1 Å². The SMILES string of the molecule is CN(C)CCCN(C(=O)c1ccno1)c1nc2c(Cl)cccc2s1.Cl. The summed E-state index contributed by atoms with van der Waals surface area (Å²) < 4.78 is 5.97. The van der Waals surface area contributed by atoms with Crippen molar-refractivity contribution in [1.29, 1.82) is 0 Å². The highest BCUT2D eigenvalue weighted by atomic mass is 35.5. The van der Waals surface area contributed by atoms with E-state index in [1.54, 1.807) is 17.0 Å². The van der Waals surface area contributed by atoms with Gasteiger partial charge in [0.15, 0.2) is 5.13 Å². The molecule has 0 bridgehead atoms. The molecule has 0 unspecified atom stereocenters. The third-order valence-electron chi connectivity index (χ3n) is 3.47. The Morgan fingerprint density at radius 1 is 1.28 bits per heavy atom. The standard InChI is InChI=1S/C16H17ClN4O2S.ClH/c1-20(2)9-4-10-21(15(22)12-7-8-18-23-12)16-19-14-11(17)5-3-6-13(14)24-16;/h3,5-8H,4,9-10H2,1-2H3;1H. The van der Waals surface area contributed by atoms with E-state index < -0.39 is 0 Å². The molecule has 25 heavy (non-hydrogen) atoms. The summed E-state index contributed by atoms with van der Waals surface area (Å²) in [6.45, 7) is 1.40. The number of nitrogens with zero attached hydrogens (tertiary/aromatic N) is 4. The maximum absolute atomic E-state index is 12.8. The van der Waals surface area contributed by atoms with Crippen molar-refractivity contribution in [3.8, 4) is 0 Å². The van der Waals surface area contributed by atoms with Gasteiger partial charge in [0.05, 0.1) is 15.9 Å². The van der Waals surface area contributed by atoms with Crippen molar-refractivity contribution >= 4 is 56.6 Å². The van der Waals surface area contributed by atoms with Gasteiger partial charge in [0.1, 0.15) is 5.52 Å². The van der Waals surface area contributed by atoms with E-state index in [9.17, 15) is 4.79 Å². The summed E-state index contributed by atoms with van der Waals surface area (Å²) in [4.78, 5) is 21.0. The second-order valence-corrected chi connectivity index (χ2v) is 6.99. The minimum atomic E-state index is -0.249. The highest BCUT2D eigenvalue weighted by Gasteiger charge is 2.24. The number of carbonyl (C=O) groups excluding carboxylic acids is 1. The van der Waals surface area contributed by atoms with Crippen LogP contribution in [0.1, 0.15) is 17.0 Å². The molecule has 3 aromatic rings. The summed E-state index contributed by atoms with van der Waals surface area (Å²) in [6, 6.07) is 7.17. The molecule has 0 N–H and O–H groups in total. The van der Waals surface area contributed by atoms with Gasteiger partial charge in [-0.15, -0.1) is 12.4 Å². The highest BCUT2D eigenvalue weighted by molar-refractivity contribution is 7.22. The number of para-hydroxylation sites is 1. The average molecular weight is 401 g/mol. The Balaban J connectivity index is 0.00000225. The minimum absolute atomic E-state index is 0. The molecule has 6 nitrogen and oxygen atoms in total. The molecule has 2 aromatic heterocycles. The van der Waals surface area contributed by atoms with Gasteiger partial charge in [-0.2, -0.15) is 0 Å². The summed E-state index contributed by atoms with van der Waals surface area (Å²) in [7, 11) is 4.00. The Morgan fingerprint density at radius 3 is 2.72 bits per heavy atom. The normalized spacial score (nSPS) is 10.9. The number of rotatable bonds is 6. The third-order valence-corrected chi connectivity index (χ3v) is 4.82. The summed E-state index contributed by atoms with van der Waals surface area (Å²) in [6.07, 6.45) is 2.27. The fraction of sp³-hybridized carbons (Fsp3) is 0.312. The van der Waals surface area contributed by atoms with Crippen molar-refractivity contribution in [2.45, 2.75) is 6.42 Å². The maximum atomic E-state index is 12.8. The molecule has 0 aliphatic rings. The van der Waals surface area contributed by atoms with Gasteiger partial charge in [-0.1, -0.05) is 34.2 Å². The molecule has 1 aromatic carbocycles. The highest BCUT2D eigenvalue weighted by Crippen LogP contribution is 2.33. The molecule has 0 aliphatic carbocycles. The zero-order chi connectivity index (χ0) is 17.1. The number of carbonyl (C=O) groups is 1. The first-order chi connectivity index (χ1) is 11.6. The van der Waals surface area contributed by atoms with E-state index in [0.29, 0.717) is 22.2 Å². The van der Waals surface area contributed by atoms with E-state index >= 15 is 0 Å². The second kappa shape index (κ2) is 8.62. The number of fused-ring (bicyclic) bond motifs is 1. The number of aromatic nitrogens is 2. The summed E-state index contributed by atoms with van der Waals surface area (Å²) in [5.74, 6) is -0.0494. The molecule has 1 amide bonds. The van der Waals surface area contributed by atoms with Crippen LogP contribution in [0.4, 0.5) is 5.13 Å². The molecule has 2 heterocycles. The lowest BCUT2D eigenvalue weighted by atomic mass is 10.3. The van der Waals surface area contributed by atoms with E-state index in [2.05, 4.69) is 15.0 Å². The van der Waals surface area contributed by atoms with Crippen molar-refractivity contribution in [3.05, 3.63) is 41.2 Å². The molecule has 0 atom stereocenters. The Morgan fingerprint density at radius 2 is 2.08 bits per heavy atom. The van der Waals surface area contributed by atoms with Gasteiger partial charge in [-0.05, 0) is 39.2 Å². The predicted molar refractivity (Wildman–Crippen MR) is 103 cm³/mol. The molecule has 0 radical (unpaired) electrons. The largest absolute Gasteiger partial charge is 0.351 e. The van der Waals surface area contributed by atoms with Crippen LogP contribution >= 0.6 is 35.3 Å². The molecule has 9 heteroatoms. The number of thiazole rings is 1. The number of hydrogen-bond donors (Lipinski definition) is 0. The van der Waals surface area contributed by atoms with Crippen molar-refractivity contribution in [1.82, 2.24) is 15.0 Å². The first-order valence-corrected chi connectivity index (χ1v) is 8.68. The van der Waals surface area contributed by atoms with Crippen LogP contribution in [0.15, 0.2) is 35.0 Å². The van der Waals surface area contributed by atoms with Crippen LogP contribution in [0.2, 0.25) is 5.02 Å². The third kappa shape index (κ3) is 4.49. The number of halogens is 2. The lowest BCUT2D eigenvalue weighted by Gasteiger charge is -2.19. The number of benzene rings is 1. The van der Waals surface area contributed by atoms with E-state index in [1.165, 1.54) is 17.5 Å². The Bertz CT molecular complexity index is 836. The van der Waals surface area contributed by atoms with Gasteiger partial charge in [-0.3, -0.25) is 9.69 Å². The van der Waals surface area contributed by atoms with Gasteiger partial charge in [0.2, 0.25) is 5.76 Å². The fourth-order valence-electron chi connectivity index (χ4n) is 2.31. The van der Waals surface area contributed by atoms with Crippen molar-refractivity contribution in [3.63, 3.8) is 0 Å². The molecule has 0 saturated heterocycles. The molecular weight excluding hydrogens is 383 g/mol. The minimum Gasteiger partial charge on any atom is -0.351 e. The monoisotopic (exact) mass is 400 g/mol. The van der Waals surface area contributed by atoms with Crippen molar-refractivity contribution in [2.75, 3.05) is 32.1 Å². The van der Waals surface area contributed by atoms with Crippen LogP contribution in [0.25, 0.3) is 10.2 Å². The lowest BCUT2D eigenvalue weighted by molar-refractivity contribution is 0.0950. The average Bonchev–Trinajstić information content (AvgIpc) is 3.20.